The number of likely N-dealkylation sites (N-methyl/N-ethyl adjacent to an activating group) is 1. The Balaban J connectivity index is 1.65. The van der Waals surface area contributed by atoms with Crippen LogP contribution in [0.3, 0.4) is 0 Å². The van der Waals surface area contributed by atoms with Gasteiger partial charge in [-0.15, -0.1) is 0 Å². The Morgan fingerprint density at radius 3 is 2.29 bits per heavy atom. The van der Waals surface area contributed by atoms with E-state index in [1.165, 1.54) is 41.7 Å². The van der Waals surface area contributed by atoms with Crippen molar-refractivity contribution < 1.29 is 38.3 Å². The number of cyclic esters (lactones) is 1. The summed E-state index contributed by atoms with van der Waals surface area (Å²) < 4.78 is 5.63. The minimum Gasteiger partial charge on any atom is -0.461 e. The number of allylic oxidation sites excluding steroid dienone is 1. The van der Waals surface area contributed by atoms with E-state index in [9.17, 15) is 33.6 Å². The second-order valence-corrected chi connectivity index (χ2v) is 12.9. The van der Waals surface area contributed by atoms with Gasteiger partial charge in [0.1, 0.15) is 42.9 Å². The Bertz CT molecular complexity index is 1430. The van der Waals surface area contributed by atoms with Crippen LogP contribution in [0.1, 0.15) is 64.9 Å². The van der Waals surface area contributed by atoms with Gasteiger partial charge in [-0.05, 0) is 57.6 Å². The highest BCUT2D eigenvalue weighted by Gasteiger charge is 2.43. The summed E-state index contributed by atoms with van der Waals surface area (Å²) in [6.07, 6.45) is 6.40. The number of carbonyl (C=O) groups excluding carboxylic acids is 7. The van der Waals surface area contributed by atoms with E-state index in [1.54, 1.807) is 6.08 Å². The average molecular weight is 681 g/mol. The highest BCUT2D eigenvalue weighted by Crippen LogP contribution is 2.23. The van der Waals surface area contributed by atoms with Gasteiger partial charge in [0.25, 0.3) is 0 Å². The molecule has 14 heteroatoms. The molecule has 49 heavy (non-hydrogen) atoms. The van der Waals surface area contributed by atoms with E-state index < -0.39 is 84.3 Å². The topological polar surface area (TPSA) is 175 Å². The van der Waals surface area contributed by atoms with E-state index >= 15 is 0 Å². The normalized spacial score (nSPS) is 26.2. The summed E-state index contributed by atoms with van der Waals surface area (Å²) in [6.45, 7) is 4.95. The van der Waals surface area contributed by atoms with Crippen LogP contribution in [0.5, 0.6) is 0 Å². The van der Waals surface area contributed by atoms with Crippen molar-refractivity contribution in [2.75, 3.05) is 26.7 Å². The molecule has 3 N–H and O–H groups in total. The minimum absolute atomic E-state index is 0.119. The molecule has 3 aliphatic heterocycles. The first kappa shape index (κ1) is 37.1. The highest BCUT2D eigenvalue weighted by atomic mass is 16.5. The van der Waals surface area contributed by atoms with E-state index in [1.807, 2.05) is 37.3 Å². The van der Waals surface area contributed by atoms with E-state index in [-0.39, 0.29) is 19.5 Å². The molecule has 6 atom stereocenters. The van der Waals surface area contributed by atoms with Crippen LogP contribution in [-0.4, -0.2) is 119 Å². The summed E-state index contributed by atoms with van der Waals surface area (Å²) in [7, 11) is 1.46. The summed E-state index contributed by atoms with van der Waals surface area (Å²) in [5.41, 5.74) is 0.767. The third-order valence-electron chi connectivity index (χ3n) is 9.31. The Morgan fingerprint density at radius 2 is 1.61 bits per heavy atom. The van der Waals surface area contributed by atoms with Crippen molar-refractivity contribution in [1.82, 2.24) is 30.7 Å². The number of esters is 1. The molecule has 3 saturated heterocycles. The van der Waals surface area contributed by atoms with Gasteiger partial charge in [0.2, 0.25) is 35.4 Å². The lowest BCUT2D eigenvalue weighted by Crippen LogP contribution is -2.60. The number of hydrogen-bond donors (Lipinski definition) is 3. The number of rotatable bonds is 8. The van der Waals surface area contributed by atoms with Crippen molar-refractivity contribution >= 4 is 41.4 Å². The monoisotopic (exact) mass is 680 g/mol. The van der Waals surface area contributed by atoms with E-state index in [2.05, 4.69) is 16.0 Å². The molecule has 0 aliphatic carbocycles. The molecule has 6 amide bonds. The molecular weight excluding hydrogens is 632 g/mol. The number of hydrogen-bond acceptors (Lipinski definition) is 8. The summed E-state index contributed by atoms with van der Waals surface area (Å²) in [5.74, 6) is -4.06. The maximum atomic E-state index is 14.2. The number of nitrogens with zero attached hydrogens (tertiary/aromatic N) is 3. The molecule has 0 spiro atoms. The van der Waals surface area contributed by atoms with Crippen LogP contribution < -0.4 is 16.0 Å². The molecular formula is C35H48N6O8. The van der Waals surface area contributed by atoms with Crippen LogP contribution in [0, 0.1) is 0 Å². The molecule has 14 nitrogen and oxygen atoms in total. The summed E-state index contributed by atoms with van der Waals surface area (Å²) in [6, 6.07) is 2.78. The van der Waals surface area contributed by atoms with Gasteiger partial charge < -0.3 is 35.4 Å². The predicted molar refractivity (Wildman–Crippen MR) is 178 cm³/mol. The van der Waals surface area contributed by atoms with Gasteiger partial charge in [-0.3, -0.25) is 28.8 Å². The molecule has 3 heterocycles. The zero-order chi connectivity index (χ0) is 35.7. The molecule has 1 aromatic carbocycles. The Hall–Kier alpha value is -4.75. The van der Waals surface area contributed by atoms with Crippen molar-refractivity contribution in [1.29, 1.82) is 0 Å². The molecule has 266 valence electrons. The molecule has 3 fully saturated rings. The molecule has 0 radical (unpaired) electrons. The number of ether oxygens (including phenoxy) is 1. The number of carbonyl (C=O) groups is 7. The quantitative estimate of drug-likeness (QED) is 0.262. The third-order valence-corrected chi connectivity index (χ3v) is 9.31. The fraction of sp³-hybridized carbons (Fsp3) is 0.571. The van der Waals surface area contributed by atoms with Crippen LogP contribution >= 0.6 is 0 Å². The highest BCUT2D eigenvalue weighted by molar-refractivity contribution is 5.98. The largest absolute Gasteiger partial charge is 0.461 e. The predicted octanol–water partition coefficient (Wildman–Crippen LogP) is 0.445. The van der Waals surface area contributed by atoms with Crippen LogP contribution in [0.15, 0.2) is 42.5 Å². The van der Waals surface area contributed by atoms with Gasteiger partial charge in [-0.1, -0.05) is 49.8 Å². The molecule has 6 unspecified atom stereocenters. The second-order valence-electron chi connectivity index (χ2n) is 12.9. The number of nitrogens with one attached hydrogen (secondary N) is 3. The second kappa shape index (κ2) is 17.1. The maximum Gasteiger partial charge on any atom is 0.328 e. The SMILES string of the molecule is CCCC=CC(=O)NC(Cc1ccccc1)C(=O)NC1COC(=O)C2CCCN2C(=O)C(C)NC(=O)C(C)N(C)C(=O)C2CCCN2C1=O. The zero-order valence-electron chi connectivity index (χ0n) is 28.7. The van der Waals surface area contributed by atoms with Crippen LogP contribution in [0.4, 0.5) is 0 Å². The van der Waals surface area contributed by atoms with Gasteiger partial charge >= 0.3 is 5.97 Å². The molecule has 0 saturated carbocycles. The molecule has 0 bridgehead atoms. The van der Waals surface area contributed by atoms with Crippen molar-refractivity contribution in [3.63, 3.8) is 0 Å². The summed E-state index contributed by atoms with van der Waals surface area (Å²) >= 11 is 0. The third kappa shape index (κ3) is 9.24. The van der Waals surface area contributed by atoms with Gasteiger partial charge in [0, 0.05) is 26.6 Å². The van der Waals surface area contributed by atoms with E-state index in [0.717, 1.165) is 12.0 Å². The van der Waals surface area contributed by atoms with E-state index in [4.69, 9.17) is 4.74 Å². The summed E-state index contributed by atoms with van der Waals surface area (Å²) in [5, 5.41) is 8.08. The van der Waals surface area contributed by atoms with Crippen LogP contribution in [0.2, 0.25) is 0 Å². The number of fused-ring (bicyclic) bond motifs is 2. The Labute approximate surface area is 286 Å². The lowest BCUT2D eigenvalue weighted by molar-refractivity contribution is -0.158. The smallest absolute Gasteiger partial charge is 0.328 e. The fourth-order valence-corrected chi connectivity index (χ4v) is 6.35. The van der Waals surface area contributed by atoms with Crippen LogP contribution in [-0.2, 0) is 44.7 Å². The van der Waals surface area contributed by atoms with Crippen molar-refractivity contribution in [2.24, 2.45) is 0 Å². The van der Waals surface area contributed by atoms with Gasteiger partial charge in [0.15, 0.2) is 0 Å². The summed E-state index contributed by atoms with van der Waals surface area (Å²) in [4.78, 5) is 98.3. The van der Waals surface area contributed by atoms with E-state index in [0.29, 0.717) is 32.1 Å². The van der Waals surface area contributed by atoms with Crippen molar-refractivity contribution in [3.05, 3.63) is 48.0 Å². The maximum absolute atomic E-state index is 14.2. The lowest BCUT2D eigenvalue weighted by Gasteiger charge is -2.34. The Kier molecular flexibility index (Phi) is 12.9. The zero-order valence-corrected chi connectivity index (χ0v) is 28.7. The lowest BCUT2D eigenvalue weighted by atomic mass is 10.0. The average Bonchev–Trinajstić information content (AvgIpc) is 3.79. The van der Waals surface area contributed by atoms with Crippen molar-refractivity contribution in [3.8, 4) is 0 Å². The Morgan fingerprint density at radius 1 is 0.959 bits per heavy atom. The van der Waals surface area contributed by atoms with Gasteiger partial charge in [0.05, 0.1) is 0 Å². The van der Waals surface area contributed by atoms with Gasteiger partial charge in [-0.2, -0.15) is 0 Å². The standard InChI is InChI=1S/C35H48N6O8/c1-5-6-8-17-29(42)37-25(20-24-13-9-7-10-14-24)31(44)38-26-21-49-35(48)28-16-12-19-41(28)32(45)22(2)36-30(43)23(3)39(4)34(47)27-15-11-18-40(27)33(26)46/h7-10,13-14,17,22-23,25-28H,5-6,11-12,15-16,18-21H2,1-4H3,(H,36,43)(H,37,42)(H,38,44). The number of benzene rings is 1. The van der Waals surface area contributed by atoms with Crippen LogP contribution in [0.25, 0.3) is 0 Å². The first-order valence-electron chi connectivity index (χ1n) is 17.1. The molecule has 3 aliphatic rings. The molecule has 0 aromatic heterocycles. The van der Waals surface area contributed by atoms with Crippen molar-refractivity contribution in [2.45, 2.75) is 102 Å². The molecule has 1 aromatic rings. The minimum atomic E-state index is -1.40. The fourth-order valence-electron chi connectivity index (χ4n) is 6.35. The first-order valence-corrected chi connectivity index (χ1v) is 17.1. The number of amides is 6. The molecule has 4 rings (SSSR count). The first-order chi connectivity index (χ1) is 23.4. The van der Waals surface area contributed by atoms with Gasteiger partial charge in [-0.25, -0.2) is 4.79 Å². The number of unbranched alkanes of at least 4 members (excludes halogenated alkanes) is 1.